The molecule has 1 amide bonds. The lowest BCUT2D eigenvalue weighted by Gasteiger charge is -2.13. The van der Waals surface area contributed by atoms with Crippen molar-refractivity contribution in [1.82, 2.24) is 5.32 Å². The first-order valence-corrected chi connectivity index (χ1v) is 5.82. The zero-order chi connectivity index (χ0) is 12.7. The number of nitrogens with two attached hydrogens (primary N) is 1. The van der Waals surface area contributed by atoms with Gasteiger partial charge in [-0.3, -0.25) is 4.79 Å². The van der Waals surface area contributed by atoms with Crippen LogP contribution in [0.15, 0.2) is 24.3 Å². The summed E-state index contributed by atoms with van der Waals surface area (Å²) in [4.78, 5) is 10.9. The molecule has 3 N–H and O–H groups in total. The van der Waals surface area contributed by atoms with Gasteiger partial charge in [0.15, 0.2) is 0 Å². The Morgan fingerprint density at radius 1 is 1.41 bits per heavy atom. The van der Waals surface area contributed by atoms with Crippen LogP contribution in [0.1, 0.15) is 25.0 Å². The summed E-state index contributed by atoms with van der Waals surface area (Å²) in [6, 6.07) is 7.68. The van der Waals surface area contributed by atoms with E-state index in [4.69, 9.17) is 10.5 Å². The highest BCUT2D eigenvalue weighted by molar-refractivity contribution is 5.79. The third-order valence-electron chi connectivity index (χ3n) is 2.61. The quantitative estimate of drug-likeness (QED) is 0.747. The molecule has 1 aromatic carbocycles. The number of primary amides is 1. The van der Waals surface area contributed by atoms with E-state index in [9.17, 15) is 4.79 Å². The zero-order valence-corrected chi connectivity index (χ0v) is 10.4. The van der Waals surface area contributed by atoms with Crippen molar-refractivity contribution < 1.29 is 9.53 Å². The fourth-order valence-electron chi connectivity index (χ4n) is 1.45. The van der Waals surface area contributed by atoms with Crippen molar-refractivity contribution in [3.63, 3.8) is 0 Å². The highest BCUT2D eigenvalue weighted by Crippen LogP contribution is 2.10. The first kappa shape index (κ1) is 13.7. The van der Waals surface area contributed by atoms with Gasteiger partial charge in [-0.15, -0.1) is 0 Å². The fraction of sp³-hybridized carbons (Fsp3) is 0.462. The van der Waals surface area contributed by atoms with Gasteiger partial charge in [-0.25, -0.2) is 0 Å². The number of ether oxygens (including phenoxy) is 1. The Bertz CT molecular complexity index is 366. The molecule has 94 valence electrons. The first-order chi connectivity index (χ1) is 8.15. The van der Waals surface area contributed by atoms with E-state index in [1.165, 1.54) is 0 Å². The summed E-state index contributed by atoms with van der Waals surface area (Å²) in [5, 5.41) is 3.09. The van der Waals surface area contributed by atoms with Gasteiger partial charge < -0.3 is 15.8 Å². The molecular formula is C13H20N2O2. The summed E-state index contributed by atoms with van der Waals surface area (Å²) in [5.74, 6) is -0.340. The highest BCUT2D eigenvalue weighted by atomic mass is 16.5. The number of nitrogens with one attached hydrogen (secondary N) is 1. The normalized spacial score (nSPS) is 12.4. The van der Waals surface area contributed by atoms with Crippen LogP contribution in [0.5, 0.6) is 0 Å². The van der Waals surface area contributed by atoms with Crippen LogP contribution in [0.25, 0.3) is 0 Å². The molecule has 1 atom stereocenters. The molecule has 0 saturated carbocycles. The van der Waals surface area contributed by atoms with Crippen LogP contribution < -0.4 is 11.1 Å². The first-order valence-electron chi connectivity index (χ1n) is 5.82. The second-order valence-corrected chi connectivity index (χ2v) is 3.91. The van der Waals surface area contributed by atoms with Gasteiger partial charge in [0.25, 0.3) is 0 Å². The van der Waals surface area contributed by atoms with E-state index in [0.717, 1.165) is 11.1 Å². The smallest absolute Gasteiger partial charge is 0.234 e. The molecule has 0 aliphatic rings. The zero-order valence-electron chi connectivity index (χ0n) is 10.4. The molecule has 0 aliphatic carbocycles. The molecule has 0 spiro atoms. The van der Waals surface area contributed by atoms with Gasteiger partial charge in [-0.1, -0.05) is 24.3 Å². The predicted octanol–water partition coefficient (Wildman–Crippen LogP) is 1.19. The molecule has 0 fully saturated rings. The number of hydrogen-bond donors (Lipinski definition) is 2. The molecule has 1 unspecified atom stereocenters. The molecule has 4 heteroatoms. The minimum atomic E-state index is -0.340. The highest BCUT2D eigenvalue weighted by Gasteiger charge is 2.08. The molecule has 17 heavy (non-hydrogen) atoms. The van der Waals surface area contributed by atoms with Gasteiger partial charge in [0.2, 0.25) is 5.91 Å². The van der Waals surface area contributed by atoms with Gasteiger partial charge in [0, 0.05) is 13.2 Å². The Labute approximate surface area is 102 Å². The molecule has 4 nitrogen and oxygen atoms in total. The van der Waals surface area contributed by atoms with Crippen molar-refractivity contribution in [3.05, 3.63) is 35.4 Å². The van der Waals surface area contributed by atoms with E-state index in [1.54, 1.807) is 6.92 Å². The summed E-state index contributed by atoms with van der Waals surface area (Å²) in [5.41, 5.74) is 7.46. The van der Waals surface area contributed by atoms with Crippen molar-refractivity contribution in [2.24, 2.45) is 5.73 Å². The number of benzene rings is 1. The average Bonchev–Trinajstić information content (AvgIpc) is 2.34. The minimum absolute atomic E-state index is 0.324. The van der Waals surface area contributed by atoms with Crippen molar-refractivity contribution in [1.29, 1.82) is 0 Å². The second-order valence-electron chi connectivity index (χ2n) is 3.91. The maximum atomic E-state index is 10.9. The van der Waals surface area contributed by atoms with Crippen molar-refractivity contribution >= 4 is 5.91 Å². The molecule has 0 saturated heterocycles. The molecule has 0 heterocycles. The van der Waals surface area contributed by atoms with Gasteiger partial charge in [0.1, 0.15) is 0 Å². The third-order valence-corrected chi connectivity index (χ3v) is 2.61. The molecule has 1 aromatic rings. The summed E-state index contributed by atoms with van der Waals surface area (Å²) >= 11 is 0. The summed E-state index contributed by atoms with van der Waals surface area (Å²) in [6.07, 6.45) is 0. The summed E-state index contributed by atoms with van der Waals surface area (Å²) in [7, 11) is 0. The van der Waals surface area contributed by atoms with Crippen molar-refractivity contribution in [3.8, 4) is 0 Å². The topological polar surface area (TPSA) is 64.3 Å². The molecule has 0 bridgehead atoms. The monoisotopic (exact) mass is 236 g/mol. The van der Waals surface area contributed by atoms with E-state index in [2.05, 4.69) is 5.32 Å². The Morgan fingerprint density at radius 3 is 2.65 bits per heavy atom. The van der Waals surface area contributed by atoms with Gasteiger partial charge in [0.05, 0.1) is 12.6 Å². The lowest BCUT2D eigenvalue weighted by atomic mass is 10.1. The van der Waals surface area contributed by atoms with Crippen molar-refractivity contribution in [2.45, 2.75) is 33.0 Å². The van der Waals surface area contributed by atoms with Crippen LogP contribution in [0.4, 0.5) is 0 Å². The Morgan fingerprint density at radius 2 is 2.06 bits per heavy atom. The van der Waals surface area contributed by atoms with Crippen molar-refractivity contribution in [2.75, 3.05) is 6.61 Å². The van der Waals surface area contributed by atoms with Crippen LogP contribution >= 0.6 is 0 Å². The van der Waals surface area contributed by atoms with Crippen LogP contribution in [-0.4, -0.2) is 18.6 Å². The van der Waals surface area contributed by atoms with E-state index >= 15 is 0 Å². The van der Waals surface area contributed by atoms with Crippen LogP contribution in [0.3, 0.4) is 0 Å². The molecular weight excluding hydrogens is 216 g/mol. The van der Waals surface area contributed by atoms with Crippen LogP contribution in [-0.2, 0) is 22.7 Å². The van der Waals surface area contributed by atoms with E-state index < -0.39 is 0 Å². The van der Waals surface area contributed by atoms with Gasteiger partial charge >= 0.3 is 0 Å². The van der Waals surface area contributed by atoms with Crippen LogP contribution in [0, 0.1) is 0 Å². The Kier molecular flexibility index (Phi) is 5.66. The lowest BCUT2D eigenvalue weighted by Crippen LogP contribution is -2.38. The maximum absolute atomic E-state index is 10.9. The minimum Gasteiger partial charge on any atom is -0.377 e. The van der Waals surface area contributed by atoms with E-state index in [-0.39, 0.29) is 11.9 Å². The number of carbonyl (C=O) groups is 1. The number of rotatable bonds is 7. The second kappa shape index (κ2) is 7.04. The molecule has 0 aromatic heterocycles. The average molecular weight is 236 g/mol. The molecule has 1 rings (SSSR count). The number of carbonyl (C=O) groups excluding carboxylic acids is 1. The number of amides is 1. The SMILES string of the molecule is CCOCc1ccccc1CNC(C)C(N)=O. The van der Waals surface area contributed by atoms with Crippen LogP contribution in [0.2, 0.25) is 0 Å². The van der Waals surface area contributed by atoms with Gasteiger partial charge in [-0.05, 0) is 25.0 Å². The maximum Gasteiger partial charge on any atom is 0.234 e. The number of hydrogen-bond acceptors (Lipinski definition) is 3. The van der Waals surface area contributed by atoms with E-state index in [1.807, 2.05) is 31.2 Å². The largest absolute Gasteiger partial charge is 0.377 e. The molecule has 0 aliphatic heterocycles. The standard InChI is InChI=1S/C13H20N2O2/c1-3-17-9-12-7-5-4-6-11(12)8-15-10(2)13(14)16/h4-7,10,15H,3,8-9H2,1-2H3,(H2,14,16). The fourth-order valence-corrected chi connectivity index (χ4v) is 1.45. The third kappa shape index (κ3) is 4.54. The summed E-state index contributed by atoms with van der Waals surface area (Å²) < 4.78 is 5.40. The Hall–Kier alpha value is -1.39. The van der Waals surface area contributed by atoms with E-state index in [0.29, 0.717) is 19.8 Å². The Balaban J connectivity index is 2.60. The van der Waals surface area contributed by atoms with Gasteiger partial charge in [-0.2, -0.15) is 0 Å². The summed E-state index contributed by atoms with van der Waals surface area (Å²) in [6.45, 7) is 5.63. The molecule has 0 radical (unpaired) electrons. The predicted molar refractivity (Wildman–Crippen MR) is 67.3 cm³/mol. The lowest BCUT2D eigenvalue weighted by molar-refractivity contribution is -0.119.